The minimum Gasteiger partial charge on any atom is -0.367 e. The molecule has 1 fully saturated rings. The quantitative estimate of drug-likeness (QED) is 0.783. The van der Waals surface area contributed by atoms with Crippen molar-refractivity contribution in [3.8, 4) is 0 Å². The van der Waals surface area contributed by atoms with E-state index < -0.39 is 9.84 Å². The fraction of sp³-hybridized carbons (Fsp3) is 0.409. The highest BCUT2D eigenvalue weighted by Gasteiger charge is 2.31. The zero-order valence-electron chi connectivity index (χ0n) is 17.2. The van der Waals surface area contributed by atoms with Gasteiger partial charge in [0.15, 0.2) is 9.84 Å². The maximum atomic E-state index is 12.8. The highest BCUT2D eigenvalue weighted by molar-refractivity contribution is 7.91. The fourth-order valence-electron chi connectivity index (χ4n) is 4.22. The predicted molar refractivity (Wildman–Crippen MR) is 119 cm³/mol. The number of hydrogen-bond donors (Lipinski definition) is 2. The molecular weight excluding hydrogens is 400 g/mol. The molecule has 2 heterocycles. The number of fused-ring (bicyclic) bond motifs is 1. The van der Waals surface area contributed by atoms with E-state index in [1.54, 1.807) is 24.3 Å². The van der Waals surface area contributed by atoms with Crippen LogP contribution in [-0.4, -0.2) is 57.8 Å². The van der Waals surface area contributed by atoms with Gasteiger partial charge in [0.1, 0.15) is 0 Å². The van der Waals surface area contributed by atoms with E-state index in [2.05, 4.69) is 27.4 Å². The molecule has 0 radical (unpaired) electrons. The molecular formula is C22H28N4O3S. The first kappa shape index (κ1) is 20.7. The molecule has 160 valence electrons. The third kappa shape index (κ3) is 4.29. The van der Waals surface area contributed by atoms with Crippen LogP contribution in [0.2, 0.25) is 0 Å². The van der Waals surface area contributed by atoms with Crippen molar-refractivity contribution in [1.29, 1.82) is 0 Å². The molecule has 2 aromatic carbocycles. The lowest BCUT2D eigenvalue weighted by molar-refractivity contribution is 0.248. The van der Waals surface area contributed by atoms with Gasteiger partial charge in [0.25, 0.3) is 0 Å². The Balaban J connectivity index is 1.47. The highest BCUT2D eigenvalue weighted by atomic mass is 32.2. The lowest BCUT2D eigenvalue weighted by atomic mass is 10.0. The zero-order valence-corrected chi connectivity index (χ0v) is 18.0. The molecule has 0 saturated carbocycles. The molecule has 1 unspecified atom stereocenters. The third-order valence-electron chi connectivity index (χ3n) is 5.92. The van der Waals surface area contributed by atoms with Crippen LogP contribution in [0.1, 0.15) is 24.9 Å². The van der Waals surface area contributed by atoms with Gasteiger partial charge in [-0.25, -0.2) is 13.2 Å². The van der Waals surface area contributed by atoms with Crippen molar-refractivity contribution in [3.63, 3.8) is 0 Å². The summed E-state index contributed by atoms with van der Waals surface area (Å²) in [5.74, 6) is 0.0350. The lowest BCUT2D eigenvalue weighted by Gasteiger charge is -2.36. The molecule has 0 aliphatic carbocycles. The summed E-state index contributed by atoms with van der Waals surface area (Å²) in [6, 6.07) is 14.1. The maximum absolute atomic E-state index is 12.8. The van der Waals surface area contributed by atoms with Gasteiger partial charge >= 0.3 is 6.03 Å². The van der Waals surface area contributed by atoms with E-state index in [9.17, 15) is 13.2 Å². The van der Waals surface area contributed by atoms with Crippen molar-refractivity contribution in [2.45, 2.75) is 24.3 Å². The summed E-state index contributed by atoms with van der Waals surface area (Å²) in [5.41, 5.74) is 2.43. The molecule has 2 N–H and O–H groups in total. The second-order valence-electron chi connectivity index (χ2n) is 7.73. The van der Waals surface area contributed by atoms with E-state index in [4.69, 9.17) is 0 Å². The number of anilines is 2. The number of benzene rings is 2. The Morgan fingerprint density at radius 3 is 2.50 bits per heavy atom. The Labute approximate surface area is 178 Å². The summed E-state index contributed by atoms with van der Waals surface area (Å²) in [4.78, 5) is 17.8. The van der Waals surface area contributed by atoms with Crippen LogP contribution in [0.5, 0.6) is 0 Å². The summed E-state index contributed by atoms with van der Waals surface area (Å²) in [7, 11) is -3.28. The lowest BCUT2D eigenvalue weighted by Crippen LogP contribution is -2.46. The molecule has 0 spiro atoms. The largest absolute Gasteiger partial charge is 0.367 e. The van der Waals surface area contributed by atoms with E-state index in [0.29, 0.717) is 16.9 Å². The van der Waals surface area contributed by atoms with E-state index >= 15 is 0 Å². The number of urea groups is 1. The van der Waals surface area contributed by atoms with Crippen LogP contribution < -0.4 is 15.5 Å². The van der Waals surface area contributed by atoms with Crippen LogP contribution in [-0.2, 0) is 9.84 Å². The summed E-state index contributed by atoms with van der Waals surface area (Å²) < 4.78 is 24.6. The van der Waals surface area contributed by atoms with Gasteiger partial charge in [0, 0.05) is 26.2 Å². The molecule has 2 aliphatic rings. The maximum Gasteiger partial charge on any atom is 0.319 e. The van der Waals surface area contributed by atoms with Gasteiger partial charge < -0.3 is 20.4 Å². The molecule has 30 heavy (non-hydrogen) atoms. The average molecular weight is 429 g/mol. The number of carbonyl (C=O) groups excluding carboxylic acids is 1. The van der Waals surface area contributed by atoms with Crippen LogP contribution in [0.4, 0.5) is 16.2 Å². The molecule has 8 heteroatoms. The second kappa shape index (κ2) is 8.65. The molecule has 2 aromatic rings. The first-order chi connectivity index (χ1) is 14.5. The molecule has 7 nitrogen and oxygen atoms in total. The van der Waals surface area contributed by atoms with Gasteiger partial charge in [-0.3, -0.25) is 0 Å². The van der Waals surface area contributed by atoms with Crippen molar-refractivity contribution in [3.05, 3.63) is 54.1 Å². The first-order valence-electron chi connectivity index (χ1n) is 10.4. The Kier molecular flexibility index (Phi) is 5.97. The van der Waals surface area contributed by atoms with Gasteiger partial charge in [-0.2, -0.15) is 0 Å². The van der Waals surface area contributed by atoms with E-state index in [-0.39, 0.29) is 17.8 Å². The molecule has 2 aliphatic heterocycles. The molecule has 1 atom stereocenters. The number of rotatable bonds is 4. The topological polar surface area (TPSA) is 81.8 Å². The van der Waals surface area contributed by atoms with Crippen LogP contribution >= 0.6 is 0 Å². The van der Waals surface area contributed by atoms with E-state index in [1.165, 1.54) is 0 Å². The standard InChI is InChI=1S/C22H28N4O3S/c1-2-25-12-14-26(15-13-25)20-9-5-4-8-19(20)24-22(27)23-18-11-16-30(28,29)21-10-6-3-7-17(18)21/h3-10,18H,2,11-16H2,1H3,(H2,23,24,27). The minimum absolute atomic E-state index is 0.0350. The van der Waals surface area contributed by atoms with Gasteiger partial charge in [-0.05, 0) is 36.7 Å². The van der Waals surface area contributed by atoms with Crippen molar-refractivity contribution in [2.75, 3.05) is 48.7 Å². The van der Waals surface area contributed by atoms with Crippen molar-refractivity contribution >= 4 is 27.2 Å². The van der Waals surface area contributed by atoms with E-state index in [1.807, 2.05) is 24.3 Å². The van der Waals surface area contributed by atoms with Crippen LogP contribution in [0.3, 0.4) is 0 Å². The summed E-state index contributed by atoms with van der Waals surface area (Å²) in [6.07, 6.45) is 0.368. The van der Waals surface area contributed by atoms with Crippen LogP contribution in [0.25, 0.3) is 0 Å². The monoisotopic (exact) mass is 428 g/mol. The number of likely N-dealkylation sites (N-methyl/N-ethyl adjacent to an activating group) is 1. The van der Waals surface area contributed by atoms with Gasteiger partial charge in [-0.1, -0.05) is 37.3 Å². The molecule has 0 aromatic heterocycles. The van der Waals surface area contributed by atoms with Gasteiger partial charge in [0.05, 0.1) is 28.1 Å². The first-order valence-corrected chi connectivity index (χ1v) is 12.1. The number of sulfone groups is 1. The van der Waals surface area contributed by atoms with Crippen molar-refractivity contribution < 1.29 is 13.2 Å². The van der Waals surface area contributed by atoms with Gasteiger partial charge in [-0.15, -0.1) is 0 Å². The Morgan fingerprint density at radius 2 is 1.73 bits per heavy atom. The van der Waals surface area contributed by atoms with Crippen LogP contribution in [0, 0.1) is 0 Å². The number of para-hydroxylation sites is 2. The Hall–Kier alpha value is -2.58. The predicted octanol–water partition coefficient (Wildman–Crippen LogP) is 2.87. The molecule has 4 rings (SSSR count). The number of nitrogens with zero attached hydrogens (tertiary/aromatic N) is 2. The summed E-state index contributed by atoms with van der Waals surface area (Å²) >= 11 is 0. The normalized spacial score (nSPS) is 21.0. The van der Waals surface area contributed by atoms with Crippen LogP contribution in [0.15, 0.2) is 53.4 Å². The number of amides is 2. The average Bonchev–Trinajstić information content (AvgIpc) is 2.76. The summed E-state index contributed by atoms with van der Waals surface area (Å²) in [6.45, 7) is 7.07. The molecule has 0 bridgehead atoms. The minimum atomic E-state index is -3.28. The fourth-order valence-corrected chi connectivity index (χ4v) is 5.84. The molecule has 2 amide bonds. The SMILES string of the molecule is CCN1CCN(c2ccccc2NC(=O)NC2CCS(=O)(=O)c3ccccc32)CC1. The molecule has 1 saturated heterocycles. The summed E-state index contributed by atoms with van der Waals surface area (Å²) in [5, 5.41) is 5.94. The van der Waals surface area contributed by atoms with Crippen molar-refractivity contribution in [2.24, 2.45) is 0 Å². The van der Waals surface area contributed by atoms with Crippen molar-refractivity contribution in [1.82, 2.24) is 10.2 Å². The number of hydrogen-bond acceptors (Lipinski definition) is 5. The second-order valence-corrected chi connectivity index (χ2v) is 9.81. The number of piperazine rings is 1. The Morgan fingerprint density at radius 1 is 1.03 bits per heavy atom. The zero-order chi connectivity index (χ0) is 21.1. The highest BCUT2D eigenvalue weighted by Crippen LogP contribution is 2.32. The van der Waals surface area contributed by atoms with E-state index in [0.717, 1.165) is 44.1 Å². The smallest absolute Gasteiger partial charge is 0.319 e. The number of carbonyl (C=O) groups is 1. The van der Waals surface area contributed by atoms with Gasteiger partial charge in [0.2, 0.25) is 0 Å². The number of nitrogens with one attached hydrogen (secondary N) is 2. The Bertz CT molecular complexity index is 1020. The third-order valence-corrected chi connectivity index (χ3v) is 7.74.